The monoisotopic (exact) mass is 820 g/mol. The van der Waals surface area contributed by atoms with Crippen molar-refractivity contribution in [1.29, 1.82) is 0 Å². The summed E-state index contributed by atoms with van der Waals surface area (Å²) in [7, 11) is 0. The number of nitrogens with one attached hydrogen (secondary N) is 4. The van der Waals surface area contributed by atoms with Crippen molar-refractivity contribution in [3.8, 4) is 0 Å². The fourth-order valence-corrected chi connectivity index (χ4v) is 5.85. The van der Waals surface area contributed by atoms with Gasteiger partial charge in [0.1, 0.15) is 23.3 Å². The zero-order valence-electron chi connectivity index (χ0n) is 34.6. The van der Waals surface area contributed by atoms with Gasteiger partial charge in [0.2, 0.25) is 11.8 Å². The van der Waals surface area contributed by atoms with Gasteiger partial charge in [0.25, 0.3) is 0 Å². The van der Waals surface area contributed by atoms with E-state index in [4.69, 9.17) is 9.47 Å². The molecule has 58 heavy (non-hydrogen) atoms. The summed E-state index contributed by atoms with van der Waals surface area (Å²) in [6.07, 6.45) is -5.75. The maximum Gasteiger partial charge on any atom is 0.416 e. The number of Topliss-reactive ketones (excluding diaryl/α,β-unsaturated/α-hetero) is 1. The van der Waals surface area contributed by atoms with E-state index in [1.165, 1.54) is 12.1 Å². The molecule has 16 heteroatoms. The first-order valence-electron chi connectivity index (χ1n) is 19.4. The summed E-state index contributed by atoms with van der Waals surface area (Å²) >= 11 is 0. The average Bonchev–Trinajstić information content (AvgIpc) is 3.08. The largest absolute Gasteiger partial charge is 0.480 e. The van der Waals surface area contributed by atoms with Crippen LogP contribution in [0.4, 0.5) is 22.8 Å². The molecular weight excluding hydrogens is 761 g/mol. The van der Waals surface area contributed by atoms with Crippen molar-refractivity contribution < 1.29 is 56.5 Å². The Morgan fingerprint density at radius 3 is 1.74 bits per heavy atom. The van der Waals surface area contributed by atoms with Crippen molar-refractivity contribution in [3.63, 3.8) is 0 Å². The van der Waals surface area contributed by atoms with Crippen LogP contribution in [0.1, 0.15) is 104 Å². The average molecular weight is 821 g/mol. The number of alkyl halides is 3. The molecule has 0 heterocycles. The van der Waals surface area contributed by atoms with Crippen LogP contribution in [0.5, 0.6) is 0 Å². The Morgan fingerprint density at radius 1 is 0.672 bits per heavy atom. The fourth-order valence-electron chi connectivity index (χ4n) is 5.85. The standard InChI is InChI=1S/C42H59F3N4O9/c1-26(2)22-29(35(51)47-31(37(53)54)16-12-13-21-46-38(55)57-40(3,4)5)25-34(50)32(23-27-14-10-9-11-15-27)48-36(52)33(49-39(56)58-41(6,7)8)24-28-17-19-30(20-18-28)42(43,44)45/h9-11,14-15,17-20,26,29,31-33H,12-13,16,21-25H2,1-8H3,(H,46,55)(H,47,51)(H,48,52)(H,49,56)(H,53,54)/t29-,31+,32+,33+/m0/s1. The van der Waals surface area contributed by atoms with E-state index in [9.17, 15) is 47.0 Å². The number of aliphatic carboxylic acids is 1. The molecule has 0 saturated heterocycles. The zero-order chi connectivity index (χ0) is 43.8. The molecule has 4 atom stereocenters. The molecule has 0 aliphatic carbocycles. The van der Waals surface area contributed by atoms with E-state index < -0.39 is 82.7 Å². The Bertz CT molecular complexity index is 1670. The molecule has 0 aliphatic heterocycles. The lowest BCUT2D eigenvalue weighted by atomic mass is 9.88. The summed E-state index contributed by atoms with van der Waals surface area (Å²) in [6.45, 7) is 13.9. The van der Waals surface area contributed by atoms with Crippen LogP contribution in [0.2, 0.25) is 0 Å². The van der Waals surface area contributed by atoms with Gasteiger partial charge in [0.15, 0.2) is 5.78 Å². The number of ketones is 1. The van der Waals surface area contributed by atoms with E-state index in [-0.39, 0.29) is 50.1 Å². The second kappa shape index (κ2) is 22.1. The predicted molar refractivity (Wildman–Crippen MR) is 211 cm³/mol. The molecule has 0 saturated carbocycles. The molecule has 0 bridgehead atoms. The minimum Gasteiger partial charge on any atom is -0.480 e. The first kappa shape index (κ1) is 49.0. The number of unbranched alkanes of at least 4 members (excludes halogenated alkanes) is 1. The van der Waals surface area contributed by atoms with Gasteiger partial charge < -0.3 is 35.8 Å². The highest BCUT2D eigenvalue weighted by molar-refractivity contribution is 5.95. The summed E-state index contributed by atoms with van der Waals surface area (Å²) in [5, 5.41) is 20.3. The van der Waals surface area contributed by atoms with E-state index in [0.29, 0.717) is 18.4 Å². The zero-order valence-corrected chi connectivity index (χ0v) is 34.6. The van der Waals surface area contributed by atoms with Crippen molar-refractivity contribution in [3.05, 3.63) is 71.3 Å². The van der Waals surface area contributed by atoms with Gasteiger partial charge >= 0.3 is 24.3 Å². The van der Waals surface area contributed by atoms with Crippen molar-refractivity contribution >= 4 is 35.8 Å². The highest BCUT2D eigenvalue weighted by Gasteiger charge is 2.34. The molecular formula is C42H59F3N4O9. The van der Waals surface area contributed by atoms with Crippen LogP contribution in [0.25, 0.3) is 0 Å². The summed E-state index contributed by atoms with van der Waals surface area (Å²) in [6, 6.07) is 8.94. The molecule has 2 rings (SSSR count). The van der Waals surface area contributed by atoms with Crippen LogP contribution in [-0.4, -0.2) is 76.7 Å². The molecule has 0 radical (unpaired) electrons. The molecule has 2 aromatic carbocycles. The van der Waals surface area contributed by atoms with Gasteiger partial charge in [-0.3, -0.25) is 14.4 Å². The Kier molecular flexibility index (Phi) is 18.7. The van der Waals surface area contributed by atoms with Crippen molar-refractivity contribution in [2.45, 2.75) is 136 Å². The number of rotatable bonds is 20. The maximum atomic E-state index is 14.1. The number of alkyl carbamates (subject to hydrolysis) is 2. The molecule has 0 unspecified atom stereocenters. The second-order valence-corrected chi connectivity index (χ2v) is 16.7. The number of carboxylic acids is 1. The van der Waals surface area contributed by atoms with Gasteiger partial charge in [-0.25, -0.2) is 14.4 Å². The van der Waals surface area contributed by atoms with Crippen LogP contribution < -0.4 is 21.3 Å². The summed E-state index contributed by atoms with van der Waals surface area (Å²) in [5.74, 6) is -4.34. The van der Waals surface area contributed by atoms with Gasteiger partial charge in [0.05, 0.1) is 11.6 Å². The van der Waals surface area contributed by atoms with E-state index in [0.717, 1.165) is 12.1 Å². The van der Waals surface area contributed by atoms with Crippen molar-refractivity contribution in [1.82, 2.24) is 21.3 Å². The number of halogens is 3. The van der Waals surface area contributed by atoms with Crippen molar-refractivity contribution in [2.24, 2.45) is 11.8 Å². The highest BCUT2D eigenvalue weighted by atomic mass is 19.4. The number of hydrogen-bond donors (Lipinski definition) is 5. The number of amides is 4. The van der Waals surface area contributed by atoms with Crippen LogP contribution in [0.3, 0.4) is 0 Å². The fraction of sp³-hybridized carbons (Fsp3) is 0.571. The third-order valence-corrected chi connectivity index (χ3v) is 8.49. The lowest BCUT2D eigenvalue weighted by Crippen LogP contribution is -2.54. The van der Waals surface area contributed by atoms with Gasteiger partial charge in [-0.15, -0.1) is 0 Å². The van der Waals surface area contributed by atoms with E-state index in [2.05, 4.69) is 21.3 Å². The number of carbonyl (C=O) groups is 6. The Labute approximate surface area is 338 Å². The Balaban J connectivity index is 2.30. The second-order valence-electron chi connectivity index (χ2n) is 16.7. The van der Waals surface area contributed by atoms with E-state index >= 15 is 0 Å². The van der Waals surface area contributed by atoms with Gasteiger partial charge in [0, 0.05) is 25.3 Å². The normalized spacial score (nSPS) is 14.0. The first-order valence-corrected chi connectivity index (χ1v) is 19.4. The number of ether oxygens (including phenoxy) is 2. The molecule has 0 aliphatic rings. The van der Waals surface area contributed by atoms with Gasteiger partial charge in [-0.2, -0.15) is 13.2 Å². The van der Waals surface area contributed by atoms with E-state index in [1.807, 2.05) is 13.8 Å². The summed E-state index contributed by atoms with van der Waals surface area (Å²) < 4.78 is 50.3. The molecule has 4 amide bonds. The molecule has 0 aromatic heterocycles. The molecule has 5 N–H and O–H groups in total. The quantitative estimate of drug-likeness (QED) is 0.0900. The molecule has 13 nitrogen and oxygen atoms in total. The minimum absolute atomic E-state index is 0.00402. The smallest absolute Gasteiger partial charge is 0.416 e. The predicted octanol–water partition coefficient (Wildman–Crippen LogP) is 6.75. The van der Waals surface area contributed by atoms with E-state index in [1.54, 1.807) is 71.9 Å². The molecule has 322 valence electrons. The van der Waals surface area contributed by atoms with Crippen LogP contribution in [0, 0.1) is 11.8 Å². The van der Waals surface area contributed by atoms with Crippen LogP contribution in [0.15, 0.2) is 54.6 Å². The first-order chi connectivity index (χ1) is 26.8. The number of carbonyl (C=O) groups excluding carboxylic acids is 5. The Morgan fingerprint density at radius 2 is 1.21 bits per heavy atom. The summed E-state index contributed by atoms with van der Waals surface area (Å²) in [4.78, 5) is 78.7. The molecule has 2 aromatic rings. The number of hydrogen-bond acceptors (Lipinski definition) is 8. The SMILES string of the molecule is CC(C)C[C@@H](CC(=O)[C@@H](Cc1ccccc1)NC(=O)[C@@H](Cc1ccc(C(F)(F)F)cc1)NC(=O)OC(C)(C)C)C(=O)N[C@H](CCCCNC(=O)OC(C)(C)C)C(=O)O. The van der Waals surface area contributed by atoms with Crippen LogP contribution >= 0.6 is 0 Å². The number of benzene rings is 2. The van der Waals surface area contributed by atoms with Gasteiger partial charge in [-0.1, -0.05) is 56.3 Å². The lowest BCUT2D eigenvalue weighted by molar-refractivity contribution is -0.143. The molecule has 0 fully saturated rings. The summed E-state index contributed by atoms with van der Waals surface area (Å²) in [5.41, 5.74) is -1.57. The van der Waals surface area contributed by atoms with Gasteiger partial charge in [-0.05, 0) is 103 Å². The lowest BCUT2D eigenvalue weighted by Gasteiger charge is -2.27. The maximum absolute atomic E-state index is 14.1. The number of carboxylic acid groups (broad SMARTS) is 1. The molecule has 0 spiro atoms. The minimum atomic E-state index is -4.59. The van der Waals surface area contributed by atoms with Crippen LogP contribution in [-0.2, 0) is 47.7 Å². The highest BCUT2D eigenvalue weighted by Crippen LogP contribution is 2.29. The third-order valence-electron chi connectivity index (χ3n) is 8.49. The topological polar surface area (TPSA) is 189 Å². The third kappa shape index (κ3) is 19.3. The Hall–Kier alpha value is -5.15. The van der Waals surface area contributed by atoms with Crippen molar-refractivity contribution in [2.75, 3.05) is 6.54 Å².